The SMILES string of the molecule is CC1=Cc2c(C(C)C)cccc2C1C(c1ccccc1)(c1ccccc1)C1c2cc(C)ccc2-c2ccc(C)cc21. The van der Waals surface area contributed by atoms with Crippen molar-refractivity contribution >= 4 is 6.08 Å². The quantitative estimate of drug-likeness (QED) is 0.212. The van der Waals surface area contributed by atoms with E-state index in [0.29, 0.717) is 5.92 Å². The summed E-state index contributed by atoms with van der Waals surface area (Å²) in [6, 6.07) is 44.0. The Kier molecular flexibility index (Phi) is 6.12. The monoisotopic (exact) mass is 530 g/mol. The van der Waals surface area contributed by atoms with Crippen LogP contribution in [0.15, 0.2) is 121 Å². The van der Waals surface area contributed by atoms with Gasteiger partial charge in [-0.1, -0.05) is 152 Å². The van der Waals surface area contributed by atoms with Gasteiger partial charge in [0.2, 0.25) is 0 Å². The number of aryl methyl sites for hydroxylation is 2. The Morgan fingerprint density at radius 3 is 1.59 bits per heavy atom. The molecular weight excluding hydrogens is 492 g/mol. The molecule has 41 heavy (non-hydrogen) atoms. The van der Waals surface area contributed by atoms with Crippen LogP contribution in [0.2, 0.25) is 0 Å². The van der Waals surface area contributed by atoms with E-state index in [4.69, 9.17) is 0 Å². The molecule has 0 amide bonds. The molecule has 0 heteroatoms. The molecule has 5 aromatic rings. The van der Waals surface area contributed by atoms with E-state index in [1.54, 1.807) is 0 Å². The molecule has 202 valence electrons. The molecule has 0 aliphatic heterocycles. The van der Waals surface area contributed by atoms with Crippen molar-refractivity contribution in [1.29, 1.82) is 0 Å². The molecule has 1 atom stereocenters. The Labute approximate surface area is 245 Å². The third kappa shape index (κ3) is 3.81. The van der Waals surface area contributed by atoms with Gasteiger partial charge >= 0.3 is 0 Å². The lowest BCUT2D eigenvalue weighted by Gasteiger charge is -2.47. The van der Waals surface area contributed by atoms with Crippen molar-refractivity contribution in [3.05, 3.63) is 171 Å². The van der Waals surface area contributed by atoms with Gasteiger partial charge < -0.3 is 0 Å². The summed E-state index contributed by atoms with van der Waals surface area (Å²) in [5.74, 6) is 0.804. The van der Waals surface area contributed by atoms with Crippen molar-refractivity contribution in [2.75, 3.05) is 0 Å². The molecule has 0 saturated heterocycles. The highest BCUT2D eigenvalue weighted by Gasteiger charge is 2.54. The topological polar surface area (TPSA) is 0 Å². The van der Waals surface area contributed by atoms with Crippen LogP contribution in [-0.4, -0.2) is 0 Å². The van der Waals surface area contributed by atoms with Crippen molar-refractivity contribution in [3.8, 4) is 11.1 Å². The minimum absolute atomic E-state index is 0.152. The van der Waals surface area contributed by atoms with Gasteiger partial charge in [0, 0.05) is 17.3 Å². The first-order chi connectivity index (χ1) is 19.9. The van der Waals surface area contributed by atoms with Crippen molar-refractivity contribution < 1.29 is 0 Å². The van der Waals surface area contributed by atoms with Gasteiger partial charge in [-0.25, -0.2) is 0 Å². The van der Waals surface area contributed by atoms with Crippen molar-refractivity contribution in [1.82, 2.24) is 0 Å². The standard InChI is InChI=1S/C41H38/c1-26(2)32-17-12-18-35-36(32)25-29(5)39(35)41(30-13-8-6-9-14-30,31-15-10-7-11-16-31)40-37-23-27(3)19-21-33(37)34-22-20-28(4)24-38(34)40/h6-26,39-40H,1-5H3. The molecule has 0 N–H and O–H groups in total. The van der Waals surface area contributed by atoms with Gasteiger partial charge in [-0.2, -0.15) is 0 Å². The van der Waals surface area contributed by atoms with Gasteiger partial charge in [0.1, 0.15) is 0 Å². The summed E-state index contributed by atoms with van der Waals surface area (Å²) in [7, 11) is 0. The number of fused-ring (bicyclic) bond motifs is 4. The van der Waals surface area contributed by atoms with E-state index in [9.17, 15) is 0 Å². The molecule has 0 saturated carbocycles. The van der Waals surface area contributed by atoms with Gasteiger partial charge in [0.15, 0.2) is 0 Å². The lowest BCUT2D eigenvalue weighted by molar-refractivity contribution is 0.405. The minimum Gasteiger partial charge on any atom is -0.0639 e. The van der Waals surface area contributed by atoms with Crippen LogP contribution in [-0.2, 0) is 5.41 Å². The predicted molar refractivity (Wildman–Crippen MR) is 174 cm³/mol. The van der Waals surface area contributed by atoms with Crippen LogP contribution in [0.3, 0.4) is 0 Å². The molecule has 5 aromatic carbocycles. The maximum atomic E-state index is 2.50. The average Bonchev–Trinajstić information content (AvgIpc) is 3.48. The first-order valence-electron chi connectivity index (χ1n) is 15.0. The molecule has 7 rings (SSSR count). The zero-order valence-electron chi connectivity index (χ0n) is 24.8. The van der Waals surface area contributed by atoms with Gasteiger partial charge in [-0.3, -0.25) is 0 Å². The van der Waals surface area contributed by atoms with E-state index < -0.39 is 0 Å². The lowest BCUT2D eigenvalue weighted by Crippen LogP contribution is -2.41. The number of rotatable bonds is 5. The minimum atomic E-state index is -0.356. The largest absolute Gasteiger partial charge is 0.0639 e. The summed E-state index contributed by atoms with van der Waals surface area (Å²) in [5.41, 5.74) is 16.4. The van der Waals surface area contributed by atoms with E-state index in [1.807, 2.05) is 0 Å². The summed E-state index contributed by atoms with van der Waals surface area (Å²) in [6.07, 6.45) is 2.50. The highest BCUT2D eigenvalue weighted by atomic mass is 14.6. The maximum absolute atomic E-state index is 2.50. The second-order valence-electron chi connectivity index (χ2n) is 12.5. The fraction of sp³-hybridized carbons (Fsp3) is 0.220. The molecule has 0 radical (unpaired) electrons. The summed E-state index contributed by atoms with van der Waals surface area (Å²) < 4.78 is 0. The second-order valence-corrected chi connectivity index (χ2v) is 12.5. The molecule has 0 bridgehead atoms. The van der Waals surface area contributed by atoms with Crippen LogP contribution >= 0.6 is 0 Å². The van der Waals surface area contributed by atoms with E-state index >= 15 is 0 Å². The molecular formula is C41H38. The highest BCUT2D eigenvalue weighted by molar-refractivity contribution is 5.83. The summed E-state index contributed by atoms with van der Waals surface area (Å²) >= 11 is 0. The van der Waals surface area contributed by atoms with Crippen LogP contribution < -0.4 is 0 Å². The summed E-state index contributed by atoms with van der Waals surface area (Å²) in [6.45, 7) is 11.5. The molecule has 0 nitrogen and oxygen atoms in total. The predicted octanol–water partition coefficient (Wildman–Crippen LogP) is 10.7. The lowest BCUT2D eigenvalue weighted by atomic mass is 9.54. The fourth-order valence-corrected chi connectivity index (χ4v) is 8.10. The van der Waals surface area contributed by atoms with Crippen molar-refractivity contribution in [2.24, 2.45) is 0 Å². The zero-order chi connectivity index (χ0) is 28.3. The Balaban J connectivity index is 1.66. The van der Waals surface area contributed by atoms with Crippen LogP contribution in [0.1, 0.15) is 88.6 Å². The van der Waals surface area contributed by atoms with Gasteiger partial charge in [-0.15, -0.1) is 0 Å². The number of hydrogen-bond donors (Lipinski definition) is 0. The molecule has 2 aliphatic rings. The molecule has 0 spiro atoms. The maximum Gasteiger partial charge on any atom is 0.0418 e. The van der Waals surface area contributed by atoms with Gasteiger partial charge in [0.05, 0.1) is 0 Å². The Bertz CT molecular complexity index is 1690. The third-order valence-electron chi connectivity index (χ3n) is 9.67. The Morgan fingerprint density at radius 2 is 1.07 bits per heavy atom. The number of hydrogen-bond acceptors (Lipinski definition) is 0. The van der Waals surface area contributed by atoms with Crippen LogP contribution in [0.4, 0.5) is 0 Å². The van der Waals surface area contributed by atoms with E-state index in [0.717, 1.165) is 0 Å². The van der Waals surface area contributed by atoms with Crippen LogP contribution in [0, 0.1) is 13.8 Å². The smallest absolute Gasteiger partial charge is 0.0418 e. The molecule has 0 fully saturated rings. The first-order valence-corrected chi connectivity index (χ1v) is 15.0. The normalized spacial score (nSPS) is 16.0. The number of benzene rings is 5. The molecule has 0 aromatic heterocycles. The number of allylic oxidation sites excluding steroid dienone is 1. The van der Waals surface area contributed by atoms with E-state index in [2.05, 4.69) is 156 Å². The summed E-state index contributed by atoms with van der Waals surface area (Å²) in [4.78, 5) is 0. The van der Waals surface area contributed by atoms with E-state index in [1.165, 1.54) is 66.8 Å². The fourth-order valence-electron chi connectivity index (χ4n) is 8.10. The van der Waals surface area contributed by atoms with Crippen molar-refractivity contribution in [2.45, 2.75) is 57.8 Å². The summed E-state index contributed by atoms with van der Waals surface area (Å²) in [5, 5.41) is 0. The molecule has 0 heterocycles. The Hall–Kier alpha value is -4.16. The first kappa shape index (κ1) is 25.8. The third-order valence-corrected chi connectivity index (χ3v) is 9.67. The second kappa shape index (κ2) is 9.74. The van der Waals surface area contributed by atoms with Crippen LogP contribution in [0.25, 0.3) is 17.2 Å². The zero-order valence-corrected chi connectivity index (χ0v) is 24.8. The van der Waals surface area contributed by atoms with Crippen LogP contribution in [0.5, 0.6) is 0 Å². The average molecular weight is 531 g/mol. The Morgan fingerprint density at radius 1 is 0.537 bits per heavy atom. The molecule has 1 unspecified atom stereocenters. The highest BCUT2D eigenvalue weighted by Crippen LogP contribution is 2.64. The van der Waals surface area contributed by atoms with Crippen molar-refractivity contribution in [3.63, 3.8) is 0 Å². The van der Waals surface area contributed by atoms with Gasteiger partial charge in [-0.05, 0) is 76.8 Å². The van der Waals surface area contributed by atoms with E-state index in [-0.39, 0.29) is 17.3 Å². The van der Waals surface area contributed by atoms with Gasteiger partial charge in [0.25, 0.3) is 0 Å². The molecule has 2 aliphatic carbocycles.